The van der Waals surface area contributed by atoms with Crippen molar-refractivity contribution in [3.63, 3.8) is 0 Å². The SMILES string of the molecule is COc1cccc(/C=N\NC(=O)C(=O)Nc2ccc(C)c(C)c2)c1OCc1ccc(Cl)c(Cl)c1. The second kappa shape index (κ2) is 11.5. The molecule has 3 aromatic rings. The molecule has 0 bridgehead atoms. The smallest absolute Gasteiger partial charge is 0.329 e. The number of benzene rings is 3. The number of methoxy groups -OCH3 is 1. The van der Waals surface area contributed by atoms with Crippen LogP contribution in [0.5, 0.6) is 11.5 Å². The minimum atomic E-state index is -0.907. The summed E-state index contributed by atoms with van der Waals surface area (Å²) in [6.45, 7) is 4.08. The number of nitrogens with one attached hydrogen (secondary N) is 2. The first-order chi connectivity index (χ1) is 16.3. The van der Waals surface area contributed by atoms with Gasteiger partial charge in [-0.1, -0.05) is 41.4 Å². The first kappa shape index (κ1) is 25.1. The molecular weight excluding hydrogens is 477 g/mol. The number of carbonyl (C=O) groups excluding carboxylic acids is 2. The van der Waals surface area contributed by atoms with Crippen molar-refractivity contribution in [2.75, 3.05) is 12.4 Å². The fourth-order valence-corrected chi connectivity index (χ4v) is 3.27. The average molecular weight is 500 g/mol. The van der Waals surface area contributed by atoms with Crippen LogP contribution >= 0.6 is 23.2 Å². The van der Waals surface area contributed by atoms with E-state index in [0.29, 0.717) is 32.8 Å². The monoisotopic (exact) mass is 499 g/mol. The lowest BCUT2D eigenvalue weighted by atomic mass is 10.1. The van der Waals surface area contributed by atoms with Crippen LogP contribution in [0.3, 0.4) is 0 Å². The fourth-order valence-electron chi connectivity index (χ4n) is 2.95. The summed E-state index contributed by atoms with van der Waals surface area (Å²) in [4.78, 5) is 24.3. The molecule has 0 atom stereocenters. The van der Waals surface area contributed by atoms with E-state index in [1.807, 2.05) is 19.9 Å². The molecule has 9 heteroatoms. The largest absolute Gasteiger partial charge is 0.493 e. The molecule has 0 saturated carbocycles. The summed E-state index contributed by atoms with van der Waals surface area (Å²) >= 11 is 12.0. The molecule has 0 unspecified atom stereocenters. The van der Waals surface area contributed by atoms with Crippen molar-refractivity contribution in [1.29, 1.82) is 0 Å². The Kier molecular flexibility index (Phi) is 8.51. The van der Waals surface area contributed by atoms with Crippen LogP contribution in [0.25, 0.3) is 0 Å². The highest BCUT2D eigenvalue weighted by Crippen LogP contribution is 2.31. The molecule has 176 valence electrons. The van der Waals surface area contributed by atoms with Crippen molar-refractivity contribution in [2.45, 2.75) is 20.5 Å². The van der Waals surface area contributed by atoms with Gasteiger partial charge in [-0.2, -0.15) is 5.10 Å². The molecular formula is C25H23Cl2N3O4. The third-order valence-corrected chi connectivity index (χ3v) is 5.68. The molecule has 0 saturated heterocycles. The number of hydrogen-bond acceptors (Lipinski definition) is 5. The number of amides is 2. The van der Waals surface area contributed by atoms with Gasteiger partial charge in [0.2, 0.25) is 0 Å². The standard InChI is InChI=1S/C25H23Cl2N3O4/c1-15-7-9-19(11-16(15)2)29-24(31)25(32)30-28-13-18-5-4-6-22(33-3)23(18)34-14-17-8-10-20(26)21(27)12-17/h4-13H,14H2,1-3H3,(H,29,31)(H,30,32)/b28-13-. The van der Waals surface area contributed by atoms with Gasteiger partial charge in [0, 0.05) is 11.3 Å². The van der Waals surface area contributed by atoms with Crippen molar-refractivity contribution in [3.8, 4) is 11.5 Å². The third kappa shape index (κ3) is 6.50. The van der Waals surface area contributed by atoms with Crippen molar-refractivity contribution in [1.82, 2.24) is 5.43 Å². The van der Waals surface area contributed by atoms with Crippen LogP contribution in [0.1, 0.15) is 22.3 Å². The maximum absolute atomic E-state index is 12.2. The van der Waals surface area contributed by atoms with E-state index in [9.17, 15) is 9.59 Å². The Balaban J connectivity index is 1.67. The van der Waals surface area contributed by atoms with Crippen LogP contribution in [0.15, 0.2) is 59.7 Å². The number of hydrazone groups is 1. The van der Waals surface area contributed by atoms with Gasteiger partial charge in [0.25, 0.3) is 0 Å². The maximum atomic E-state index is 12.2. The van der Waals surface area contributed by atoms with Gasteiger partial charge in [-0.25, -0.2) is 5.43 Å². The molecule has 0 radical (unpaired) electrons. The number of para-hydroxylation sites is 1. The minimum absolute atomic E-state index is 0.197. The highest BCUT2D eigenvalue weighted by Gasteiger charge is 2.14. The number of aryl methyl sites for hydroxylation is 2. The third-order valence-electron chi connectivity index (χ3n) is 4.94. The van der Waals surface area contributed by atoms with E-state index in [1.165, 1.54) is 13.3 Å². The number of anilines is 1. The van der Waals surface area contributed by atoms with E-state index in [1.54, 1.807) is 48.5 Å². The summed E-state index contributed by atoms with van der Waals surface area (Å²) in [7, 11) is 1.52. The Morgan fingerprint density at radius 1 is 0.971 bits per heavy atom. The van der Waals surface area contributed by atoms with E-state index >= 15 is 0 Å². The van der Waals surface area contributed by atoms with E-state index in [4.69, 9.17) is 32.7 Å². The molecule has 0 aromatic heterocycles. The van der Waals surface area contributed by atoms with Gasteiger partial charge >= 0.3 is 11.8 Å². The molecule has 7 nitrogen and oxygen atoms in total. The Labute approximate surface area is 207 Å². The van der Waals surface area contributed by atoms with Gasteiger partial charge in [0.1, 0.15) is 6.61 Å². The summed E-state index contributed by atoms with van der Waals surface area (Å²) in [6, 6.07) is 15.8. The molecule has 3 aromatic carbocycles. The number of nitrogens with zero attached hydrogens (tertiary/aromatic N) is 1. The lowest BCUT2D eigenvalue weighted by molar-refractivity contribution is -0.136. The molecule has 0 aliphatic carbocycles. The summed E-state index contributed by atoms with van der Waals surface area (Å²) < 4.78 is 11.3. The molecule has 2 N–H and O–H groups in total. The van der Waals surface area contributed by atoms with Crippen LogP contribution in [-0.2, 0) is 16.2 Å². The van der Waals surface area contributed by atoms with Gasteiger partial charge in [-0.15, -0.1) is 0 Å². The van der Waals surface area contributed by atoms with Crippen molar-refractivity contribution < 1.29 is 19.1 Å². The predicted octanol–water partition coefficient (Wildman–Crippen LogP) is 5.29. The topological polar surface area (TPSA) is 89.0 Å². The number of halogens is 2. The van der Waals surface area contributed by atoms with Gasteiger partial charge in [-0.05, 0) is 66.9 Å². The lowest BCUT2D eigenvalue weighted by Gasteiger charge is -2.13. The number of ether oxygens (including phenoxy) is 2. The number of rotatable bonds is 7. The summed E-state index contributed by atoms with van der Waals surface area (Å²) in [5.74, 6) is -0.853. The molecule has 0 aliphatic heterocycles. The first-order valence-electron chi connectivity index (χ1n) is 10.2. The zero-order chi connectivity index (χ0) is 24.7. The summed E-state index contributed by atoms with van der Waals surface area (Å²) in [5, 5.41) is 7.31. The lowest BCUT2D eigenvalue weighted by Crippen LogP contribution is -2.32. The predicted molar refractivity (Wildman–Crippen MR) is 134 cm³/mol. The van der Waals surface area contributed by atoms with Crippen LogP contribution in [0, 0.1) is 13.8 Å². The molecule has 3 rings (SSSR count). The molecule has 0 spiro atoms. The van der Waals surface area contributed by atoms with Gasteiger partial charge in [0.15, 0.2) is 11.5 Å². The van der Waals surface area contributed by atoms with E-state index in [2.05, 4.69) is 15.8 Å². The molecule has 0 heterocycles. The number of hydrogen-bond donors (Lipinski definition) is 2. The summed E-state index contributed by atoms with van der Waals surface area (Å²) in [6.07, 6.45) is 1.37. The molecule has 2 amide bonds. The second-order valence-corrected chi connectivity index (χ2v) is 8.18. The van der Waals surface area contributed by atoms with Crippen molar-refractivity contribution >= 4 is 46.9 Å². The molecule has 0 aliphatic rings. The van der Waals surface area contributed by atoms with Crippen LogP contribution in [0.4, 0.5) is 5.69 Å². The zero-order valence-corrected chi connectivity index (χ0v) is 20.3. The second-order valence-electron chi connectivity index (χ2n) is 7.37. The highest BCUT2D eigenvalue weighted by molar-refractivity contribution is 6.42. The fraction of sp³-hybridized carbons (Fsp3) is 0.160. The zero-order valence-electron chi connectivity index (χ0n) is 18.8. The quantitative estimate of drug-likeness (QED) is 0.262. The Hall–Kier alpha value is -3.55. The van der Waals surface area contributed by atoms with Gasteiger partial charge in [0.05, 0.1) is 23.4 Å². The van der Waals surface area contributed by atoms with E-state index in [-0.39, 0.29) is 6.61 Å². The van der Waals surface area contributed by atoms with Crippen molar-refractivity contribution in [3.05, 3.63) is 86.9 Å². The van der Waals surface area contributed by atoms with Crippen molar-refractivity contribution in [2.24, 2.45) is 5.10 Å². The Morgan fingerprint density at radius 2 is 1.76 bits per heavy atom. The van der Waals surface area contributed by atoms with Crippen LogP contribution in [0.2, 0.25) is 10.0 Å². The number of carbonyl (C=O) groups is 2. The normalized spacial score (nSPS) is 10.7. The Bertz CT molecular complexity index is 1240. The minimum Gasteiger partial charge on any atom is -0.493 e. The first-order valence-corrected chi connectivity index (χ1v) is 11.0. The molecule has 34 heavy (non-hydrogen) atoms. The van der Waals surface area contributed by atoms with Crippen LogP contribution < -0.4 is 20.2 Å². The van der Waals surface area contributed by atoms with Gasteiger partial charge in [-0.3, -0.25) is 9.59 Å². The molecule has 0 fully saturated rings. The average Bonchev–Trinajstić information content (AvgIpc) is 2.82. The maximum Gasteiger partial charge on any atom is 0.329 e. The van der Waals surface area contributed by atoms with Crippen LogP contribution in [-0.4, -0.2) is 25.1 Å². The summed E-state index contributed by atoms with van der Waals surface area (Å²) in [5.41, 5.74) is 6.17. The van der Waals surface area contributed by atoms with E-state index in [0.717, 1.165) is 16.7 Å². The van der Waals surface area contributed by atoms with Gasteiger partial charge < -0.3 is 14.8 Å². The van der Waals surface area contributed by atoms with E-state index < -0.39 is 11.8 Å². The highest BCUT2D eigenvalue weighted by atomic mass is 35.5. The Morgan fingerprint density at radius 3 is 2.47 bits per heavy atom.